The Morgan fingerprint density at radius 2 is 2.06 bits per heavy atom. The summed E-state index contributed by atoms with van der Waals surface area (Å²) < 4.78 is 4.89. The summed E-state index contributed by atoms with van der Waals surface area (Å²) in [6.45, 7) is 3.97. The predicted molar refractivity (Wildman–Crippen MR) is 63.1 cm³/mol. The van der Waals surface area contributed by atoms with Gasteiger partial charge in [-0.15, -0.1) is 0 Å². The molecule has 1 N–H and O–H groups in total. The van der Waals surface area contributed by atoms with Crippen molar-refractivity contribution < 1.29 is 19.4 Å². The van der Waals surface area contributed by atoms with Gasteiger partial charge in [-0.2, -0.15) is 0 Å². The summed E-state index contributed by atoms with van der Waals surface area (Å²) in [5.74, 6) is -1.21. The number of aliphatic carboxylic acids is 1. The average Bonchev–Trinajstić information content (AvgIpc) is 2.28. The summed E-state index contributed by atoms with van der Waals surface area (Å²) in [5, 5.41) is 8.64. The fourth-order valence-electron chi connectivity index (χ4n) is 1.52. The lowest BCUT2D eigenvalue weighted by Gasteiger charge is -2.07. The first-order chi connectivity index (χ1) is 8.04. The number of ether oxygens (including phenoxy) is 1. The molecule has 0 aliphatic carbocycles. The molecule has 1 rings (SSSR count). The summed E-state index contributed by atoms with van der Waals surface area (Å²) in [5.41, 5.74) is 2.33. The Bertz CT molecular complexity index is 423. The van der Waals surface area contributed by atoms with Crippen LogP contribution < -0.4 is 0 Å². The molecule has 0 spiro atoms. The molecule has 0 amide bonds. The third-order valence-electron chi connectivity index (χ3n) is 2.47. The van der Waals surface area contributed by atoms with E-state index in [9.17, 15) is 9.59 Å². The smallest absolute Gasteiger partial charge is 0.338 e. The number of carbonyl (C=O) groups is 2. The SMILES string of the molecule is CCOC(=O)c1ccc(C)c(CCC(=O)O)c1. The molecule has 0 aromatic heterocycles. The molecule has 0 saturated carbocycles. The highest BCUT2D eigenvalue weighted by molar-refractivity contribution is 5.89. The second kappa shape index (κ2) is 6.03. The Morgan fingerprint density at radius 3 is 2.65 bits per heavy atom. The van der Waals surface area contributed by atoms with Crippen LogP contribution in [-0.4, -0.2) is 23.7 Å². The molecule has 17 heavy (non-hydrogen) atoms. The molecule has 92 valence electrons. The minimum absolute atomic E-state index is 0.0626. The van der Waals surface area contributed by atoms with E-state index in [4.69, 9.17) is 9.84 Å². The van der Waals surface area contributed by atoms with Gasteiger partial charge in [0.25, 0.3) is 0 Å². The molecular formula is C13H16O4. The van der Waals surface area contributed by atoms with Crippen LogP contribution in [0.25, 0.3) is 0 Å². The van der Waals surface area contributed by atoms with Crippen molar-refractivity contribution in [3.63, 3.8) is 0 Å². The quantitative estimate of drug-likeness (QED) is 0.796. The van der Waals surface area contributed by atoms with Crippen LogP contribution in [0.15, 0.2) is 18.2 Å². The van der Waals surface area contributed by atoms with Crippen molar-refractivity contribution in [3.05, 3.63) is 34.9 Å². The monoisotopic (exact) mass is 236 g/mol. The van der Waals surface area contributed by atoms with Crippen LogP contribution in [0.5, 0.6) is 0 Å². The topological polar surface area (TPSA) is 63.6 Å². The Morgan fingerprint density at radius 1 is 1.35 bits per heavy atom. The van der Waals surface area contributed by atoms with E-state index in [2.05, 4.69) is 0 Å². The summed E-state index contributed by atoms with van der Waals surface area (Å²) in [6, 6.07) is 5.21. The molecule has 0 aliphatic heterocycles. The van der Waals surface area contributed by atoms with Gasteiger partial charge in [-0.3, -0.25) is 4.79 Å². The third kappa shape index (κ3) is 3.90. The highest BCUT2D eigenvalue weighted by Gasteiger charge is 2.09. The molecule has 0 bridgehead atoms. The second-order valence-corrected chi connectivity index (χ2v) is 3.76. The van der Waals surface area contributed by atoms with Crippen molar-refractivity contribution in [1.29, 1.82) is 0 Å². The largest absolute Gasteiger partial charge is 0.481 e. The van der Waals surface area contributed by atoms with E-state index in [-0.39, 0.29) is 12.4 Å². The lowest BCUT2D eigenvalue weighted by molar-refractivity contribution is -0.136. The lowest BCUT2D eigenvalue weighted by atomic mass is 10.0. The summed E-state index contributed by atoms with van der Waals surface area (Å²) in [4.78, 5) is 22.0. The van der Waals surface area contributed by atoms with Crippen molar-refractivity contribution in [2.24, 2.45) is 0 Å². The van der Waals surface area contributed by atoms with Gasteiger partial charge in [0.2, 0.25) is 0 Å². The van der Waals surface area contributed by atoms with Gasteiger partial charge in [0.1, 0.15) is 0 Å². The second-order valence-electron chi connectivity index (χ2n) is 3.76. The van der Waals surface area contributed by atoms with Crippen molar-refractivity contribution >= 4 is 11.9 Å². The minimum Gasteiger partial charge on any atom is -0.481 e. The molecule has 0 fully saturated rings. The summed E-state index contributed by atoms with van der Waals surface area (Å²) in [6.07, 6.45) is 0.488. The van der Waals surface area contributed by atoms with Gasteiger partial charge in [-0.25, -0.2) is 4.79 Å². The zero-order valence-electron chi connectivity index (χ0n) is 10.0. The van der Waals surface area contributed by atoms with Crippen molar-refractivity contribution in [1.82, 2.24) is 0 Å². The van der Waals surface area contributed by atoms with Gasteiger partial charge in [0.15, 0.2) is 0 Å². The van der Waals surface area contributed by atoms with Gasteiger partial charge in [0.05, 0.1) is 12.2 Å². The molecule has 0 unspecified atom stereocenters. The standard InChI is InChI=1S/C13H16O4/c1-3-17-13(16)11-5-4-9(2)10(8-11)6-7-12(14)15/h4-5,8H,3,6-7H2,1-2H3,(H,14,15). The van der Waals surface area contributed by atoms with Crippen LogP contribution in [0.2, 0.25) is 0 Å². The molecular weight excluding hydrogens is 220 g/mol. The molecule has 0 atom stereocenters. The highest BCUT2D eigenvalue weighted by Crippen LogP contribution is 2.14. The molecule has 4 nitrogen and oxygen atoms in total. The van der Waals surface area contributed by atoms with Crippen LogP contribution in [0.1, 0.15) is 34.8 Å². The van der Waals surface area contributed by atoms with Crippen LogP contribution in [0.3, 0.4) is 0 Å². The lowest BCUT2D eigenvalue weighted by Crippen LogP contribution is -2.06. The summed E-state index contributed by atoms with van der Waals surface area (Å²) in [7, 11) is 0. The Labute approximate surface area is 100 Å². The van der Waals surface area contributed by atoms with Gasteiger partial charge in [-0.05, 0) is 43.5 Å². The number of rotatable bonds is 5. The number of esters is 1. The van der Waals surface area contributed by atoms with E-state index in [1.807, 2.05) is 13.0 Å². The maximum Gasteiger partial charge on any atom is 0.338 e. The number of aryl methyl sites for hydroxylation is 2. The molecule has 1 aromatic rings. The zero-order valence-corrected chi connectivity index (χ0v) is 10.0. The number of hydrogen-bond donors (Lipinski definition) is 1. The fourth-order valence-corrected chi connectivity index (χ4v) is 1.52. The molecule has 0 saturated heterocycles. The van der Waals surface area contributed by atoms with Gasteiger partial charge in [0, 0.05) is 6.42 Å². The molecule has 0 radical (unpaired) electrons. The van der Waals surface area contributed by atoms with Crippen molar-refractivity contribution in [2.75, 3.05) is 6.61 Å². The first-order valence-corrected chi connectivity index (χ1v) is 5.53. The normalized spacial score (nSPS) is 10.0. The fraction of sp³-hybridized carbons (Fsp3) is 0.385. The minimum atomic E-state index is -0.842. The van der Waals surface area contributed by atoms with Crippen molar-refractivity contribution in [2.45, 2.75) is 26.7 Å². The van der Waals surface area contributed by atoms with Crippen LogP contribution in [0, 0.1) is 6.92 Å². The van der Waals surface area contributed by atoms with E-state index >= 15 is 0 Å². The molecule has 0 aliphatic rings. The van der Waals surface area contributed by atoms with Crippen LogP contribution in [-0.2, 0) is 16.0 Å². The molecule has 0 heterocycles. The zero-order chi connectivity index (χ0) is 12.8. The van der Waals surface area contributed by atoms with E-state index in [1.54, 1.807) is 19.1 Å². The number of carboxylic acid groups (broad SMARTS) is 1. The molecule has 1 aromatic carbocycles. The van der Waals surface area contributed by atoms with E-state index in [0.29, 0.717) is 18.6 Å². The number of benzene rings is 1. The Hall–Kier alpha value is -1.84. The van der Waals surface area contributed by atoms with E-state index in [1.165, 1.54) is 0 Å². The maximum absolute atomic E-state index is 11.5. The van der Waals surface area contributed by atoms with Gasteiger partial charge < -0.3 is 9.84 Å². The van der Waals surface area contributed by atoms with Crippen LogP contribution >= 0.6 is 0 Å². The maximum atomic E-state index is 11.5. The van der Waals surface area contributed by atoms with Gasteiger partial charge in [-0.1, -0.05) is 6.07 Å². The van der Waals surface area contributed by atoms with E-state index in [0.717, 1.165) is 11.1 Å². The highest BCUT2D eigenvalue weighted by atomic mass is 16.5. The first kappa shape index (κ1) is 13.2. The van der Waals surface area contributed by atoms with Crippen molar-refractivity contribution in [3.8, 4) is 0 Å². The predicted octanol–water partition coefficient (Wildman–Crippen LogP) is 2.19. The third-order valence-corrected chi connectivity index (χ3v) is 2.47. The van der Waals surface area contributed by atoms with Crippen LogP contribution in [0.4, 0.5) is 0 Å². The van der Waals surface area contributed by atoms with E-state index < -0.39 is 5.97 Å². The first-order valence-electron chi connectivity index (χ1n) is 5.53. The Balaban J connectivity index is 2.86. The van der Waals surface area contributed by atoms with Gasteiger partial charge >= 0.3 is 11.9 Å². The summed E-state index contributed by atoms with van der Waals surface area (Å²) >= 11 is 0. The number of hydrogen-bond acceptors (Lipinski definition) is 3. The Kier molecular flexibility index (Phi) is 4.69. The molecule has 4 heteroatoms. The average molecular weight is 236 g/mol. The number of carbonyl (C=O) groups excluding carboxylic acids is 1. The number of carboxylic acids is 1.